The fourth-order valence-corrected chi connectivity index (χ4v) is 4.74. The SMILES string of the molecule is CC(C)(CO)C(P(=O)(O)O)P(=O)(O)O. The highest BCUT2D eigenvalue weighted by Gasteiger charge is 2.52. The second-order valence-corrected chi connectivity index (χ2v) is 7.50. The summed E-state index contributed by atoms with van der Waals surface area (Å²) in [6.07, 6.45) is 0. The molecule has 0 amide bonds. The minimum atomic E-state index is -4.96. The molecule has 0 rings (SSSR count). The molecule has 0 unspecified atom stereocenters. The average Bonchev–Trinajstić information content (AvgIpc) is 1.79. The van der Waals surface area contributed by atoms with Crippen molar-refractivity contribution in [2.45, 2.75) is 19.2 Å². The molecule has 0 aliphatic heterocycles. The summed E-state index contributed by atoms with van der Waals surface area (Å²) in [6.45, 7) is 1.62. The van der Waals surface area contributed by atoms with Crippen LogP contribution in [0.15, 0.2) is 0 Å². The van der Waals surface area contributed by atoms with Crippen LogP contribution in [0.4, 0.5) is 0 Å². The molecule has 86 valence electrons. The molecule has 0 aromatic carbocycles. The molecule has 0 fully saturated rings. The van der Waals surface area contributed by atoms with Crippen LogP contribution in [-0.2, 0) is 9.13 Å². The van der Waals surface area contributed by atoms with Gasteiger partial charge in [-0.1, -0.05) is 13.8 Å². The van der Waals surface area contributed by atoms with Crippen molar-refractivity contribution in [3.8, 4) is 0 Å². The Bertz CT molecular complexity index is 264. The first-order valence-corrected chi connectivity index (χ1v) is 7.00. The van der Waals surface area contributed by atoms with Crippen LogP contribution in [-0.4, -0.2) is 36.7 Å². The molecule has 0 bridgehead atoms. The topological polar surface area (TPSA) is 135 Å². The molecule has 0 aromatic heterocycles. The van der Waals surface area contributed by atoms with E-state index < -0.39 is 32.6 Å². The van der Waals surface area contributed by atoms with Crippen LogP contribution in [0.5, 0.6) is 0 Å². The van der Waals surface area contributed by atoms with Gasteiger partial charge in [0.05, 0.1) is 0 Å². The van der Waals surface area contributed by atoms with E-state index in [1.165, 1.54) is 13.8 Å². The van der Waals surface area contributed by atoms with Crippen LogP contribution in [0.1, 0.15) is 13.8 Å². The number of hydrogen-bond donors (Lipinski definition) is 5. The van der Waals surface area contributed by atoms with Crippen molar-refractivity contribution in [1.29, 1.82) is 0 Å². The molecule has 9 heteroatoms. The monoisotopic (exact) mass is 248 g/mol. The largest absolute Gasteiger partial charge is 0.396 e. The third kappa shape index (κ3) is 3.44. The lowest BCUT2D eigenvalue weighted by molar-refractivity contribution is 0.153. The predicted octanol–water partition coefficient (Wildman–Crippen LogP) is -0.314. The number of aliphatic hydroxyl groups excluding tert-OH is 1. The van der Waals surface area contributed by atoms with Crippen LogP contribution >= 0.6 is 15.2 Å². The fourth-order valence-electron chi connectivity index (χ4n) is 1.19. The highest BCUT2D eigenvalue weighted by atomic mass is 31.2. The van der Waals surface area contributed by atoms with Gasteiger partial charge in [0.2, 0.25) is 0 Å². The van der Waals surface area contributed by atoms with Crippen molar-refractivity contribution in [2.24, 2.45) is 5.41 Å². The molecular weight excluding hydrogens is 234 g/mol. The van der Waals surface area contributed by atoms with Gasteiger partial charge >= 0.3 is 15.2 Å². The van der Waals surface area contributed by atoms with E-state index in [2.05, 4.69) is 0 Å². The van der Waals surface area contributed by atoms with Gasteiger partial charge in [0.1, 0.15) is 0 Å². The van der Waals surface area contributed by atoms with E-state index in [-0.39, 0.29) is 0 Å². The summed E-state index contributed by atoms with van der Waals surface area (Å²) in [5.74, 6) is 0. The Morgan fingerprint density at radius 2 is 1.36 bits per heavy atom. The van der Waals surface area contributed by atoms with Gasteiger partial charge in [-0.25, -0.2) is 0 Å². The third-order valence-corrected chi connectivity index (χ3v) is 6.22. The second kappa shape index (κ2) is 4.02. The molecule has 0 saturated carbocycles. The second-order valence-electron chi connectivity index (χ2n) is 3.70. The summed E-state index contributed by atoms with van der Waals surface area (Å²) < 4.78 is 21.7. The molecule has 0 aliphatic rings. The molecule has 0 aliphatic carbocycles. The lowest BCUT2D eigenvalue weighted by atomic mass is 9.98. The first-order valence-electron chi connectivity index (χ1n) is 3.64. The third-order valence-electron chi connectivity index (χ3n) is 1.74. The van der Waals surface area contributed by atoms with Crippen LogP contribution in [0.25, 0.3) is 0 Å². The van der Waals surface area contributed by atoms with Crippen LogP contribution < -0.4 is 0 Å². The van der Waals surface area contributed by atoms with E-state index in [9.17, 15) is 9.13 Å². The summed E-state index contributed by atoms with van der Waals surface area (Å²) in [6, 6.07) is 0. The van der Waals surface area contributed by atoms with Gasteiger partial charge in [0.15, 0.2) is 5.40 Å². The maximum atomic E-state index is 10.9. The quantitative estimate of drug-likeness (QED) is 0.430. The van der Waals surface area contributed by atoms with Crippen LogP contribution in [0.2, 0.25) is 0 Å². The zero-order chi connectivity index (χ0) is 11.8. The predicted molar refractivity (Wildman–Crippen MR) is 48.7 cm³/mol. The Morgan fingerprint density at radius 1 is 1.07 bits per heavy atom. The Morgan fingerprint density at radius 3 is 1.43 bits per heavy atom. The number of aliphatic hydroxyl groups is 1. The Balaban J connectivity index is 5.37. The van der Waals surface area contributed by atoms with Gasteiger partial charge in [-0.3, -0.25) is 9.13 Å². The van der Waals surface area contributed by atoms with Crippen molar-refractivity contribution >= 4 is 15.2 Å². The lowest BCUT2D eigenvalue weighted by Gasteiger charge is -2.32. The summed E-state index contributed by atoms with van der Waals surface area (Å²) in [4.78, 5) is 35.2. The van der Waals surface area contributed by atoms with Gasteiger partial charge in [-0.15, -0.1) is 0 Å². The molecule has 0 saturated heterocycles. The molecule has 0 aromatic rings. The maximum Gasteiger partial charge on any atom is 0.341 e. The van der Waals surface area contributed by atoms with E-state index >= 15 is 0 Å². The maximum absolute atomic E-state index is 10.9. The fraction of sp³-hybridized carbons (Fsp3) is 1.00. The Labute approximate surface area is 81.1 Å². The number of hydrogen-bond acceptors (Lipinski definition) is 3. The molecule has 0 atom stereocenters. The van der Waals surface area contributed by atoms with Crippen molar-refractivity contribution in [2.75, 3.05) is 6.61 Å². The molecule has 5 N–H and O–H groups in total. The first-order chi connectivity index (χ1) is 5.93. The smallest absolute Gasteiger partial charge is 0.341 e. The van der Waals surface area contributed by atoms with Crippen molar-refractivity contribution in [3.05, 3.63) is 0 Å². The minimum Gasteiger partial charge on any atom is -0.396 e. The normalized spacial score (nSPS) is 14.9. The Hall–Kier alpha value is 0.260. The van der Waals surface area contributed by atoms with E-state index in [1.807, 2.05) is 0 Å². The highest BCUT2D eigenvalue weighted by Crippen LogP contribution is 2.65. The molecule has 14 heavy (non-hydrogen) atoms. The summed E-state index contributed by atoms with van der Waals surface area (Å²) >= 11 is 0. The van der Waals surface area contributed by atoms with E-state index in [4.69, 9.17) is 24.7 Å². The van der Waals surface area contributed by atoms with E-state index in [1.54, 1.807) is 0 Å². The molecule has 0 heterocycles. The zero-order valence-corrected chi connectivity index (χ0v) is 9.52. The van der Waals surface area contributed by atoms with Crippen LogP contribution in [0.3, 0.4) is 0 Å². The van der Waals surface area contributed by atoms with E-state index in [0.717, 1.165) is 0 Å². The van der Waals surface area contributed by atoms with Gasteiger partial charge in [-0.2, -0.15) is 0 Å². The van der Waals surface area contributed by atoms with Crippen molar-refractivity contribution in [3.63, 3.8) is 0 Å². The highest BCUT2D eigenvalue weighted by molar-refractivity contribution is 7.70. The minimum absolute atomic E-state index is 0.728. The average molecular weight is 248 g/mol. The summed E-state index contributed by atoms with van der Waals surface area (Å²) in [5, 5.41) is 6.63. The van der Waals surface area contributed by atoms with Crippen molar-refractivity contribution in [1.82, 2.24) is 0 Å². The van der Waals surface area contributed by atoms with E-state index in [0.29, 0.717) is 0 Å². The lowest BCUT2D eigenvalue weighted by Crippen LogP contribution is -2.32. The number of rotatable bonds is 4. The standard InChI is InChI=1S/C5H14O7P2/c1-5(2,3-6)4(13(7,8)9)14(10,11)12/h4,6H,3H2,1-2H3,(H2,7,8,9)(H2,10,11,12). The zero-order valence-electron chi connectivity index (χ0n) is 7.73. The van der Waals surface area contributed by atoms with Gasteiger partial charge in [0.25, 0.3) is 0 Å². The molecule has 0 spiro atoms. The van der Waals surface area contributed by atoms with Crippen LogP contribution in [0, 0.1) is 5.41 Å². The van der Waals surface area contributed by atoms with Gasteiger partial charge in [-0.05, 0) is 0 Å². The first kappa shape index (κ1) is 14.3. The molecule has 7 nitrogen and oxygen atoms in total. The molecule has 0 radical (unpaired) electrons. The summed E-state index contributed by atoms with van der Waals surface area (Å²) in [7, 11) is -9.92. The van der Waals surface area contributed by atoms with Gasteiger partial charge < -0.3 is 24.7 Å². The molecular formula is C5H14O7P2. The van der Waals surface area contributed by atoms with Gasteiger partial charge in [0, 0.05) is 12.0 Å². The Kier molecular flexibility index (Phi) is 4.10. The van der Waals surface area contributed by atoms with Crippen molar-refractivity contribution < 1.29 is 33.8 Å². The summed E-state index contributed by atoms with van der Waals surface area (Å²) in [5.41, 5.74) is -1.54.